The summed E-state index contributed by atoms with van der Waals surface area (Å²) in [6, 6.07) is 4.95. The molecule has 0 atom stereocenters. The van der Waals surface area contributed by atoms with E-state index in [9.17, 15) is 5.11 Å². The van der Waals surface area contributed by atoms with Gasteiger partial charge in [-0.3, -0.25) is 9.90 Å². The minimum absolute atomic E-state index is 0. The summed E-state index contributed by atoms with van der Waals surface area (Å²) < 4.78 is 5.14. The molecule has 0 unspecified atom stereocenters. The smallest absolute Gasteiger partial charge is 0.872 e. The fourth-order valence-corrected chi connectivity index (χ4v) is 1.90. The van der Waals surface area contributed by atoms with E-state index in [1.54, 1.807) is 19.2 Å². The summed E-state index contributed by atoms with van der Waals surface area (Å²) in [5.41, 5.74) is 14.9. The Kier molecular flexibility index (Phi) is 14.2. The predicted octanol–water partition coefficient (Wildman–Crippen LogP) is 2.78. The van der Waals surface area contributed by atoms with Crippen LogP contribution in [0.2, 0.25) is 0 Å². The van der Waals surface area contributed by atoms with Crippen LogP contribution >= 0.6 is 0 Å². The molecule has 23 heavy (non-hydrogen) atoms. The second-order valence-corrected chi connectivity index (χ2v) is 4.45. The fraction of sp³-hybridized carbons (Fsp3) is 0.533. The van der Waals surface area contributed by atoms with Gasteiger partial charge in [0.15, 0.2) is 0 Å². The van der Waals surface area contributed by atoms with Crippen LogP contribution in [0.25, 0.3) is 16.0 Å². The van der Waals surface area contributed by atoms with Crippen molar-refractivity contribution < 1.29 is 26.9 Å². The molecule has 7 nitrogen and oxygen atoms in total. The summed E-state index contributed by atoms with van der Waals surface area (Å²) in [6.45, 7) is 9.83. The summed E-state index contributed by atoms with van der Waals surface area (Å²) in [7, 11) is 1.59. The van der Waals surface area contributed by atoms with E-state index in [4.69, 9.17) is 15.8 Å². The minimum atomic E-state index is -0.00936. The molecule has 0 saturated heterocycles. The zero-order valence-corrected chi connectivity index (χ0v) is 14.9. The molecule has 8 heteroatoms. The molecular weight excluding hydrogens is 346 g/mol. The first-order valence-corrected chi connectivity index (χ1v) is 7.11. The maximum Gasteiger partial charge on any atom is 2.00 e. The first-order chi connectivity index (χ1) is 10.5. The molecule has 0 aliphatic heterocycles. The summed E-state index contributed by atoms with van der Waals surface area (Å²) in [5.74, 6) is 0.679. The molecule has 0 aromatic heterocycles. The molecule has 0 saturated carbocycles. The van der Waals surface area contributed by atoms with Gasteiger partial charge in [-0.05, 0) is 37.7 Å². The van der Waals surface area contributed by atoms with Crippen molar-refractivity contribution in [2.45, 2.75) is 20.8 Å². The van der Waals surface area contributed by atoms with E-state index < -0.39 is 0 Å². The number of rotatable bonds is 7. The van der Waals surface area contributed by atoms with E-state index >= 15 is 0 Å². The second-order valence-electron chi connectivity index (χ2n) is 4.45. The normalized spacial score (nSPS) is 10.2. The zero-order valence-electron chi connectivity index (χ0n) is 13.9. The SMILES string of the molecule is CCN(CC)CCN=C(C)c1cc(OC)ccc1[O-].[Cu+2].[N-]=[N+]=[N-]. The van der Waals surface area contributed by atoms with E-state index in [-0.39, 0.29) is 22.8 Å². The molecule has 0 fully saturated rings. The summed E-state index contributed by atoms with van der Waals surface area (Å²) >= 11 is 0. The van der Waals surface area contributed by atoms with Crippen LogP contribution in [0.15, 0.2) is 23.2 Å². The van der Waals surface area contributed by atoms with Gasteiger partial charge in [0.2, 0.25) is 0 Å². The first kappa shape index (κ1) is 23.5. The third-order valence-electron chi connectivity index (χ3n) is 3.24. The molecule has 0 bridgehead atoms. The number of nitrogens with zero attached hydrogens (tertiary/aromatic N) is 5. The number of benzene rings is 1. The van der Waals surface area contributed by atoms with Crippen LogP contribution in [0.4, 0.5) is 0 Å². The Morgan fingerprint density at radius 3 is 2.35 bits per heavy atom. The van der Waals surface area contributed by atoms with E-state index in [0.29, 0.717) is 17.9 Å². The van der Waals surface area contributed by atoms with Crippen molar-refractivity contribution in [2.75, 3.05) is 33.3 Å². The predicted molar refractivity (Wildman–Crippen MR) is 87.4 cm³/mol. The summed E-state index contributed by atoms with van der Waals surface area (Å²) in [6.07, 6.45) is 0. The standard InChI is InChI=1S/C15H24N2O2.Cu.N3/c1-5-17(6-2)10-9-16-12(3)14-11-13(19-4)7-8-15(14)18;;1-3-2/h7-8,11,18H,5-6,9-10H2,1-4H3;;/q;+2;-1/p-1. The molecular formula is C15H23CuN5O2. The number of ether oxygens (including phenoxy) is 1. The van der Waals surface area contributed by atoms with Crippen LogP contribution < -0.4 is 9.84 Å². The number of likely N-dealkylation sites (N-methyl/N-ethyl adjacent to an activating group) is 1. The Hall–Kier alpha value is -1.72. The van der Waals surface area contributed by atoms with Gasteiger partial charge in [-0.1, -0.05) is 25.7 Å². The second kappa shape index (κ2) is 13.9. The molecule has 0 amide bonds. The Morgan fingerprint density at radius 2 is 1.87 bits per heavy atom. The molecule has 131 valence electrons. The minimum Gasteiger partial charge on any atom is -0.872 e. The van der Waals surface area contributed by atoms with Crippen LogP contribution in [0.5, 0.6) is 11.5 Å². The van der Waals surface area contributed by atoms with Gasteiger partial charge in [-0.15, -0.1) is 0 Å². The van der Waals surface area contributed by atoms with Crippen LogP contribution in [0, 0.1) is 0 Å². The quantitative estimate of drug-likeness (QED) is 0.243. The average molecular weight is 369 g/mol. The monoisotopic (exact) mass is 368 g/mol. The van der Waals surface area contributed by atoms with Crippen molar-refractivity contribution in [2.24, 2.45) is 4.99 Å². The van der Waals surface area contributed by atoms with Crippen molar-refractivity contribution in [3.63, 3.8) is 0 Å². The largest absolute Gasteiger partial charge is 2.00 e. The maximum absolute atomic E-state index is 11.8. The Balaban J connectivity index is 0. The van der Waals surface area contributed by atoms with Gasteiger partial charge in [0, 0.05) is 12.3 Å². The molecule has 1 radical (unpaired) electrons. The topological polar surface area (TPSA) is 107 Å². The van der Waals surface area contributed by atoms with Crippen LogP contribution in [0.3, 0.4) is 0 Å². The van der Waals surface area contributed by atoms with Crippen molar-refractivity contribution in [1.29, 1.82) is 0 Å². The summed E-state index contributed by atoms with van der Waals surface area (Å²) in [4.78, 5) is 8.29. The van der Waals surface area contributed by atoms with Crippen molar-refractivity contribution >= 4 is 5.71 Å². The number of hydrogen-bond donors (Lipinski definition) is 0. The molecule has 1 aromatic rings. The Labute approximate surface area is 148 Å². The molecule has 0 N–H and O–H groups in total. The summed E-state index contributed by atoms with van der Waals surface area (Å²) in [5, 5.41) is 11.8. The molecule has 1 rings (SSSR count). The van der Waals surface area contributed by atoms with Gasteiger partial charge in [-0.25, -0.2) is 0 Å². The molecule has 1 aromatic carbocycles. The van der Waals surface area contributed by atoms with Crippen LogP contribution in [0.1, 0.15) is 26.3 Å². The third-order valence-corrected chi connectivity index (χ3v) is 3.24. The fourth-order valence-electron chi connectivity index (χ4n) is 1.90. The van der Waals surface area contributed by atoms with E-state index in [2.05, 4.69) is 23.7 Å². The third kappa shape index (κ3) is 9.11. The van der Waals surface area contributed by atoms with Crippen molar-refractivity contribution in [3.8, 4) is 11.5 Å². The van der Waals surface area contributed by atoms with Gasteiger partial charge < -0.3 is 25.8 Å². The van der Waals surface area contributed by atoms with Crippen molar-refractivity contribution in [3.05, 3.63) is 39.7 Å². The number of methoxy groups -OCH3 is 1. The Morgan fingerprint density at radius 1 is 1.30 bits per heavy atom. The molecule has 0 spiro atoms. The van der Waals surface area contributed by atoms with Crippen molar-refractivity contribution in [1.82, 2.24) is 4.90 Å². The van der Waals surface area contributed by atoms with Gasteiger partial charge in [-0.2, -0.15) is 0 Å². The van der Waals surface area contributed by atoms with E-state index in [0.717, 1.165) is 25.3 Å². The average Bonchev–Trinajstić information content (AvgIpc) is 2.52. The van der Waals surface area contributed by atoms with E-state index in [1.807, 2.05) is 6.92 Å². The Bertz CT molecular complexity index is 513. The van der Waals surface area contributed by atoms with Gasteiger partial charge in [0.05, 0.1) is 13.7 Å². The first-order valence-electron chi connectivity index (χ1n) is 7.11. The zero-order chi connectivity index (χ0) is 17.0. The van der Waals surface area contributed by atoms with Gasteiger partial charge >= 0.3 is 17.1 Å². The molecule has 0 heterocycles. The maximum atomic E-state index is 11.8. The van der Waals surface area contributed by atoms with E-state index in [1.165, 1.54) is 11.0 Å². The number of aliphatic imine (C=N–C) groups is 1. The van der Waals surface area contributed by atoms with Gasteiger partial charge in [0.25, 0.3) is 0 Å². The number of hydrogen-bond acceptors (Lipinski definition) is 4. The van der Waals surface area contributed by atoms with Crippen LogP contribution in [-0.2, 0) is 17.1 Å². The molecule has 0 aliphatic carbocycles. The van der Waals surface area contributed by atoms with Crippen LogP contribution in [-0.4, -0.2) is 43.9 Å². The molecule has 0 aliphatic rings. The van der Waals surface area contributed by atoms with Gasteiger partial charge in [0.1, 0.15) is 5.75 Å².